The minimum absolute atomic E-state index is 0.154. The van der Waals surface area contributed by atoms with Gasteiger partial charge in [-0.1, -0.05) is 37.3 Å². The highest BCUT2D eigenvalue weighted by atomic mass is 16.5. The molecule has 8 heteroatoms. The molecule has 3 heterocycles. The number of piperidine rings is 1. The molecule has 3 aromatic rings. The predicted octanol–water partition coefficient (Wildman–Crippen LogP) is 5.10. The van der Waals surface area contributed by atoms with Crippen LogP contribution in [0.15, 0.2) is 54.6 Å². The molecule has 2 amide bonds. The molecule has 1 N–H and O–H groups in total. The number of aromatic nitrogens is 2. The van der Waals surface area contributed by atoms with Gasteiger partial charge in [-0.05, 0) is 43.0 Å². The number of nitrogens with one attached hydrogen (secondary N) is 1. The maximum Gasteiger partial charge on any atom is 0.322 e. The van der Waals surface area contributed by atoms with E-state index >= 15 is 0 Å². The number of fused-ring (bicyclic) bond motifs is 1. The molecule has 8 nitrogen and oxygen atoms in total. The van der Waals surface area contributed by atoms with Crippen LogP contribution in [-0.4, -0.2) is 47.6 Å². The number of hydrogen-bond acceptors (Lipinski definition) is 6. The van der Waals surface area contributed by atoms with E-state index < -0.39 is 0 Å². The monoisotopic (exact) mass is 473 g/mol. The number of anilines is 2. The lowest BCUT2D eigenvalue weighted by molar-refractivity contribution is 0.205. The minimum atomic E-state index is -0.154. The van der Waals surface area contributed by atoms with Gasteiger partial charge in [0.05, 0.1) is 24.9 Å². The van der Waals surface area contributed by atoms with Crippen LogP contribution in [0.2, 0.25) is 0 Å². The highest BCUT2D eigenvalue weighted by molar-refractivity contribution is 5.89. The summed E-state index contributed by atoms with van der Waals surface area (Å²) in [4.78, 5) is 26.8. The maximum atomic E-state index is 13.0. The lowest BCUT2D eigenvalue weighted by Gasteiger charge is -2.33. The number of urea groups is 1. The quantitative estimate of drug-likeness (QED) is 0.555. The average Bonchev–Trinajstić information content (AvgIpc) is 2.89. The Morgan fingerprint density at radius 2 is 1.69 bits per heavy atom. The summed E-state index contributed by atoms with van der Waals surface area (Å²) in [5.41, 5.74) is 2.53. The Labute approximate surface area is 205 Å². The molecule has 5 rings (SSSR count). The van der Waals surface area contributed by atoms with Crippen LogP contribution in [0.5, 0.6) is 17.4 Å². The normalized spacial score (nSPS) is 15.9. The topological polar surface area (TPSA) is 79.8 Å². The van der Waals surface area contributed by atoms with E-state index in [0.717, 1.165) is 42.9 Å². The summed E-state index contributed by atoms with van der Waals surface area (Å²) in [5.74, 6) is 3.10. The molecule has 2 aliphatic heterocycles. The van der Waals surface area contributed by atoms with E-state index in [-0.39, 0.29) is 6.03 Å². The third-order valence-electron chi connectivity index (χ3n) is 6.66. The van der Waals surface area contributed by atoms with Gasteiger partial charge in [-0.2, -0.15) is 4.98 Å². The van der Waals surface area contributed by atoms with Gasteiger partial charge in [0, 0.05) is 31.7 Å². The maximum absolute atomic E-state index is 13.0. The lowest BCUT2D eigenvalue weighted by Crippen LogP contribution is -2.40. The van der Waals surface area contributed by atoms with Crippen LogP contribution in [-0.2, 0) is 13.0 Å². The number of rotatable bonds is 5. The second-order valence-electron chi connectivity index (χ2n) is 9.14. The van der Waals surface area contributed by atoms with Crippen molar-refractivity contribution in [3.05, 3.63) is 65.9 Å². The van der Waals surface area contributed by atoms with Gasteiger partial charge in [0.2, 0.25) is 11.8 Å². The Balaban J connectivity index is 1.45. The number of ether oxygens (including phenoxy) is 2. The SMILES string of the molecule is COc1ccccc1Oc1nc(N2CCC(C)CC2)nc2c1CN(C(=O)Nc1ccccc1)CC2. The Morgan fingerprint density at radius 3 is 2.43 bits per heavy atom. The van der Waals surface area contributed by atoms with Crippen LogP contribution in [0.25, 0.3) is 0 Å². The zero-order valence-corrected chi connectivity index (χ0v) is 20.2. The van der Waals surface area contributed by atoms with Crippen molar-refractivity contribution in [3.63, 3.8) is 0 Å². The van der Waals surface area contributed by atoms with Crippen LogP contribution in [0, 0.1) is 5.92 Å². The van der Waals surface area contributed by atoms with Crippen molar-refractivity contribution in [1.29, 1.82) is 0 Å². The molecule has 0 atom stereocenters. The van der Waals surface area contributed by atoms with Gasteiger partial charge in [-0.15, -0.1) is 0 Å². The van der Waals surface area contributed by atoms with Gasteiger partial charge in [-0.25, -0.2) is 9.78 Å². The zero-order valence-electron chi connectivity index (χ0n) is 20.2. The number of carbonyl (C=O) groups excluding carboxylic acids is 1. The molecule has 0 aliphatic carbocycles. The van der Waals surface area contributed by atoms with E-state index in [0.29, 0.717) is 48.8 Å². The van der Waals surface area contributed by atoms with Crippen molar-refractivity contribution in [2.75, 3.05) is 37.0 Å². The molecule has 35 heavy (non-hydrogen) atoms. The number of nitrogens with zero attached hydrogens (tertiary/aromatic N) is 4. The van der Waals surface area contributed by atoms with Crippen LogP contribution in [0.4, 0.5) is 16.4 Å². The Bertz CT molecular complexity index is 1180. The summed E-state index contributed by atoms with van der Waals surface area (Å²) >= 11 is 0. The first-order chi connectivity index (χ1) is 17.1. The predicted molar refractivity (Wildman–Crippen MR) is 135 cm³/mol. The molecule has 0 saturated carbocycles. The molecule has 0 unspecified atom stereocenters. The first-order valence-electron chi connectivity index (χ1n) is 12.2. The van der Waals surface area contributed by atoms with Crippen molar-refractivity contribution in [2.24, 2.45) is 5.92 Å². The summed E-state index contributed by atoms with van der Waals surface area (Å²) in [7, 11) is 1.62. The van der Waals surface area contributed by atoms with E-state index in [9.17, 15) is 4.79 Å². The van der Waals surface area contributed by atoms with Crippen molar-refractivity contribution in [1.82, 2.24) is 14.9 Å². The van der Waals surface area contributed by atoms with Crippen molar-refractivity contribution in [2.45, 2.75) is 32.7 Å². The number of para-hydroxylation sites is 3. The second kappa shape index (κ2) is 10.2. The fourth-order valence-electron chi connectivity index (χ4n) is 4.51. The van der Waals surface area contributed by atoms with E-state index in [2.05, 4.69) is 17.1 Å². The van der Waals surface area contributed by atoms with Crippen molar-refractivity contribution >= 4 is 17.7 Å². The first kappa shape index (κ1) is 23.0. The summed E-state index contributed by atoms with van der Waals surface area (Å²) in [6.45, 7) is 5.10. The van der Waals surface area contributed by atoms with Crippen LogP contribution in [0.1, 0.15) is 31.0 Å². The highest BCUT2D eigenvalue weighted by Crippen LogP contribution is 2.36. The summed E-state index contributed by atoms with van der Waals surface area (Å²) in [5, 5.41) is 2.97. The molecule has 1 fully saturated rings. The van der Waals surface area contributed by atoms with E-state index in [4.69, 9.17) is 19.4 Å². The molecule has 1 aromatic heterocycles. The number of hydrogen-bond donors (Lipinski definition) is 1. The molecule has 2 aromatic carbocycles. The van der Waals surface area contributed by atoms with E-state index in [1.807, 2.05) is 54.6 Å². The third-order valence-corrected chi connectivity index (χ3v) is 6.66. The Kier molecular flexibility index (Phi) is 6.70. The molecule has 0 radical (unpaired) electrons. The molecule has 182 valence electrons. The largest absolute Gasteiger partial charge is 0.493 e. The van der Waals surface area contributed by atoms with Gasteiger partial charge < -0.3 is 24.6 Å². The second-order valence-corrected chi connectivity index (χ2v) is 9.14. The van der Waals surface area contributed by atoms with Crippen molar-refractivity contribution in [3.8, 4) is 17.4 Å². The van der Waals surface area contributed by atoms with Crippen LogP contribution < -0.4 is 19.7 Å². The van der Waals surface area contributed by atoms with E-state index in [1.165, 1.54) is 0 Å². The smallest absolute Gasteiger partial charge is 0.322 e. The van der Waals surface area contributed by atoms with Gasteiger partial charge in [-0.3, -0.25) is 0 Å². The van der Waals surface area contributed by atoms with Crippen molar-refractivity contribution < 1.29 is 14.3 Å². The first-order valence-corrected chi connectivity index (χ1v) is 12.2. The van der Waals surface area contributed by atoms with Crippen LogP contribution >= 0.6 is 0 Å². The van der Waals surface area contributed by atoms with Gasteiger partial charge in [0.1, 0.15) is 0 Å². The Hall–Kier alpha value is -3.81. The fraction of sp³-hybridized carbons (Fsp3) is 0.370. The number of amides is 2. The third kappa shape index (κ3) is 5.16. The molecular formula is C27H31N5O3. The van der Waals surface area contributed by atoms with Crippen LogP contribution in [0.3, 0.4) is 0 Å². The van der Waals surface area contributed by atoms with E-state index in [1.54, 1.807) is 12.0 Å². The number of benzene rings is 2. The fourth-order valence-corrected chi connectivity index (χ4v) is 4.51. The average molecular weight is 474 g/mol. The van der Waals surface area contributed by atoms with Gasteiger partial charge >= 0.3 is 6.03 Å². The molecule has 0 bridgehead atoms. The standard InChI is InChI=1S/C27H31N5O3/c1-19-12-15-31(16-13-19)26-29-22-14-17-32(27(33)28-20-8-4-3-5-9-20)18-21(22)25(30-26)35-24-11-7-6-10-23(24)34-2/h3-11,19H,12-18H2,1-2H3,(H,28,33). The lowest BCUT2D eigenvalue weighted by atomic mass is 9.99. The molecule has 1 saturated heterocycles. The summed E-state index contributed by atoms with van der Waals surface area (Å²) in [6.07, 6.45) is 2.88. The van der Waals surface area contributed by atoms with Gasteiger partial charge in [0.15, 0.2) is 11.5 Å². The highest BCUT2D eigenvalue weighted by Gasteiger charge is 2.29. The summed E-state index contributed by atoms with van der Waals surface area (Å²) < 4.78 is 11.8. The van der Waals surface area contributed by atoms with Gasteiger partial charge in [0.25, 0.3) is 0 Å². The molecular weight excluding hydrogens is 442 g/mol. The molecule has 0 spiro atoms. The minimum Gasteiger partial charge on any atom is -0.493 e. The molecule has 2 aliphatic rings. The number of methoxy groups -OCH3 is 1. The summed E-state index contributed by atoms with van der Waals surface area (Å²) in [6, 6.07) is 16.8. The number of carbonyl (C=O) groups is 1. The Morgan fingerprint density at radius 1 is 0.971 bits per heavy atom. The zero-order chi connectivity index (χ0) is 24.2.